The van der Waals surface area contributed by atoms with E-state index in [1.165, 1.54) is 0 Å². The van der Waals surface area contributed by atoms with Gasteiger partial charge in [0.15, 0.2) is 0 Å². The lowest BCUT2D eigenvalue weighted by atomic mass is 10.0. The van der Waals surface area contributed by atoms with Gasteiger partial charge in [-0.05, 0) is 45.0 Å². The Morgan fingerprint density at radius 2 is 1.54 bits per heavy atom. The number of hydrogen-bond acceptors (Lipinski definition) is 6. The van der Waals surface area contributed by atoms with E-state index in [0.29, 0.717) is 46.6 Å². The third kappa shape index (κ3) is 6.10. The van der Waals surface area contributed by atoms with Crippen molar-refractivity contribution in [2.24, 2.45) is 0 Å². The van der Waals surface area contributed by atoms with Crippen LogP contribution in [0.5, 0.6) is 5.88 Å². The first-order chi connectivity index (χ1) is 16.6. The fourth-order valence-electron chi connectivity index (χ4n) is 3.71. The molecule has 2 heterocycles. The molecule has 0 radical (unpaired) electrons. The van der Waals surface area contributed by atoms with Crippen LogP contribution >= 0.6 is 23.2 Å². The maximum absolute atomic E-state index is 12.4. The lowest BCUT2D eigenvalue weighted by Crippen LogP contribution is -2.36. The summed E-state index contributed by atoms with van der Waals surface area (Å²) in [5, 5.41) is 9.15. The number of hydrogen-bond donors (Lipinski definition) is 1. The van der Waals surface area contributed by atoms with Crippen molar-refractivity contribution in [3.63, 3.8) is 0 Å². The molecule has 1 aliphatic rings. The molecule has 35 heavy (non-hydrogen) atoms. The third-order valence-electron chi connectivity index (χ3n) is 5.34. The second kappa shape index (κ2) is 10.2. The molecule has 0 spiro atoms. The molecule has 9 heteroatoms. The molecule has 0 bridgehead atoms. The second-order valence-electron chi connectivity index (χ2n) is 9.22. The lowest BCUT2D eigenvalue weighted by molar-refractivity contribution is 0.0275. The fraction of sp³-hybridized carbons (Fsp3) is 0.308. The van der Waals surface area contributed by atoms with Crippen LogP contribution in [0.3, 0.4) is 0 Å². The van der Waals surface area contributed by atoms with E-state index in [0.717, 1.165) is 17.3 Å². The molecule has 2 aromatic carbocycles. The predicted octanol–water partition coefficient (Wildman–Crippen LogP) is 6.50. The maximum Gasteiger partial charge on any atom is 0.410 e. The van der Waals surface area contributed by atoms with Gasteiger partial charge in [-0.25, -0.2) is 14.8 Å². The van der Waals surface area contributed by atoms with Gasteiger partial charge in [0.2, 0.25) is 5.88 Å². The first-order valence-corrected chi connectivity index (χ1v) is 12.0. The van der Waals surface area contributed by atoms with E-state index in [2.05, 4.69) is 0 Å². The minimum atomic E-state index is -0.570. The average molecular weight is 513 g/mol. The van der Waals surface area contributed by atoms with Crippen LogP contribution in [-0.2, 0) is 4.74 Å². The van der Waals surface area contributed by atoms with Gasteiger partial charge in [-0.3, -0.25) is 0 Å². The van der Waals surface area contributed by atoms with E-state index in [4.69, 9.17) is 48.1 Å². The SMILES string of the molecule is CC(C)(C)OC(=O)N1CC[C@H](Oc2nc(-c3ccc(Cl)cc3)c(-c3ccc(Cl)cc3)nc2C=N)C1. The number of nitrogens with zero attached hydrogens (tertiary/aromatic N) is 3. The quantitative estimate of drug-likeness (QED) is 0.394. The summed E-state index contributed by atoms with van der Waals surface area (Å²) in [5.41, 5.74) is 2.51. The predicted molar refractivity (Wildman–Crippen MR) is 138 cm³/mol. The molecule has 1 amide bonds. The summed E-state index contributed by atoms with van der Waals surface area (Å²) >= 11 is 12.2. The van der Waals surface area contributed by atoms with Crippen molar-refractivity contribution in [1.82, 2.24) is 14.9 Å². The van der Waals surface area contributed by atoms with Crippen LogP contribution in [0.2, 0.25) is 10.0 Å². The number of aromatic nitrogens is 2. The van der Waals surface area contributed by atoms with Crippen molar-refractivity contribution >= 4 is 35.5 Å². The Labute approximate surface area is 214 Å². The molecule has 1 N–H and O–H groups in total. The van der Waals surface area contributed by atoms with Gasteiger partial charge in [-0.15, -0.1) is 0 Å². The van der Waals surface area contributed by atoms with E-state index in [1.54, 1.807) is 29.2 Å². The summed E-state index contributed by atoms with van der Waals surface area (Å²) < 4.78 is 11.7. The number of rotatable bonds is 5. The molecular formula is C26H26Cl2N4O3. The molecular weight excluding hydrogens is 487 g/mol. The van der Waals surface area contributed by atoms with Gasteiger partial charge in [0.05, 0.1) is 12.2 Å². The number of carbonyl (C=O) groups excluding carboxylic acids is 1. The zero-order valence-electron chi connectivity index (χ0n) is 19.7. The van der Waals surface area contributed by atoms with Gasteiger partial charge in [-0.2, -0.15) is 0 Å². The summed E-state index contributed by atoms with van der Waals surface area (Å²) in [6.07, 6.45) is 1.07. The van der Waals surface area contributed by atoms with Crippen LogP contribution < -0.4 is 4.74 Å². The highest BCUT2D eigenvalue weighted by Gasteiger charge is 2.32. The third-order valence-corrected chi connectivity index (χ3v) is 5.84. The molecule has 0 unspecified atom stereocenters. The number of carbonyl (C=O) groups is 1. The summed E-state index contributed by atoms with van der Waals surface area (Å²) in [6, 6.07) is 14.6. The molecule has 1 aromatic heterocycles. The van der Waals surface area contributed by atoms with Gasteiger partial charge >= 0.3 is 6.09 Å². The fourth-order valence-corrected chi connectivity index (χ4v) is 3.96. The standard InChI is InChI=1S/C26H26Cl2N4O3/c1-26(2,3)35-25(33)32-13-12-20(15-32)34-24-21(14-29)30-22(16-4-8-18(27)9-5-16)23(31-24)17-6-10-19(28)11-7-17/h4-11,14,20,29H,12-13,15H2,1-3H3/t20-/m0/s1. The van der Waals surface area contributed by atoms with Crippen molar-refractivity contribution in [3.05, 3.63) is 64.3 Å². The van der Waals surface area contributed by atoms with Crippen LogP contribution in [-0.4, -0.2) is 52.0 Å². The van der Waals surface area contributed by atoms with E-state index in [9.17, 15) is 4.79 Å². The van der Waals surface area contributed by atoms with E-state index < -0.39 is 5.60 Å². The van der Waals surface area contributed by atoms with Crippen molar-refractivity contribution in [2.75, 3.05) is 13.1 Å². The molecule has 1 saturated heterocycles. The van der Waals surface area contributed by atoms with Crippen molar-refractivity contribution in [1.29, 1.82) is 5.41 Å². The Bertz CT molecular complexity index is 1230. The number of amides is 1. The Morgan fingerprint density at radius 3 is 2.06 bits per heavy atom. The van der Waals surface area contributed by atoms with Crippen LogP contribution in [0.25, 0.3) is 22.5 Å². The number of nitrogens with one attached hydrogen (secondary N) is 1. The summed E-state index contributed by atoms with van der Waals surface area (Å²) in [5.74, 6) is 0.235. The van der Waals surface area contributed by atoms with Gasteiger partial charge in [0.25, 0.3) is 0 Å². The largest absolute Gasteiger partial charge is 0.471 e. The highest BCUT2D eigenvalue weighted by atomic mass is 35.5. The molecule has 3 aromatic rings. The van der Waals surface area contributed by atoms with E-state index in [1.807, 2.05) is 45.0 Å². The van der Waals surface area contributed by atoms with Gasteiger partial charge in [0, 0.05) is 40.4 Å². The van der Waals surface area contributed by atoms with E-state index >= 15 is 0 Å². The zero-order chi connectivity index (χ0) is 25.2. The number of halogens is 2. The van der Waals surface area contributed by atoms with Crippen LogP contribution in [0, 0.1) is 5.41 Å². The summed E-state index contributed by atoms with van der Waals surface area (Å²) in [7, 11) is 0. The Kier molecular flexibility index (Phi) is 7.28. The Balaban J connectivity index is 1.67. The van der Waals surface area contributed by atoms with Crippen molar-refractivity contribution in [2.45, 2.75) is 38.9 Å². The molecule has 4 rings (SSSR count). The van der Waals surface area contributed by atoms with Crippen molar-refractivity contribution < 1.29 is 14.3 Å². The molecule has 1 aliphatic heterocycles. The monoisotopic (exact) mass is 512 g/mol. The smallest absolute Gasteiger partial charge is 0.410 e. The number of ether oxygens (including phenoxy) is 2. The second-order valence-corrected chi connectivity index (χ2v) is 10.1. The highest BCUT2D eigenvalue weighted by Crippen LogP contribution is 2.34. The van der Waals surface area contributed by atoms with Crippen LogP contribution in [0.1, 0.15) is 32.9 Å². The molecule has 7 nitrogen and oxygen atoms in total. The topological polar surface area (TPSA) is 88.4 Å². The molecule has 1 atom stereocenters. The van der Waals surface area contributed by atoms with Crippen LogP contribution in [0.15, 0.2) is 48.5 Å². The van der Waals surface area contributed by atoms with Gasteiger partial charge in [0.1, 0.15) is 23.1 Å². The van der Waals surface area contributed by atoms with Crippen molar-refractivity contribution in [3.8, 4) is 28.4 Å². The zero-order valence-corrected chi connectivity index (χ0v) is 21.2. The molecule has 1 fully saturated rings. The average Bonchev–Trinajstić information content (AvgIpc) is 3.28. The minimum absolute atomic E-state index is 0.235. The molecule has 0 saturated carbocycles. The number of likely N-dealkylation sites (tertiary alicyclic amines) is 1. The highest BCUT2D eigenvalue weighted by molar-refractivity contribution is 6.31. The maximum atomic E-state index is 12.4. The first-order valence-electron chi connectivity index (χ1n) is 11.2. The summed E-state index contributed by atoms with van der Waals surface area (Å²) in [4.78, 5) is 23.6. The lowest BCUT2D eigenvalue weighted by Gasteiger charge is -2.24. The first kappa shape index (κ1) is 24.9. The van der Waals surface area contributed by atoms with Gasteiger partial charge in [-0.1, -0.05) is 47.5 Å². The number of benzene rings is 2. The minimum Gasteiger partial charge on any atom is -0.471 e. The molecule has 182 valence electrons. The normalized spacial score (nSPS) is 15.7. The Hall–Kier alpha value is -3.16. The summed E-state index contributed by atoms with van der Waals surface area (Å²) in [6.45, 7) is 6.38. The Morgan fingerprint density at radius 1 is 1.00 bits per heavy atom. The van der Waals surface area contributed by atoms with E-state index in [-0.39, 0.29) is 18.1 Å². The molecule has 0 aliphatic carbocycles. The van der Waals surface area contributed by atoms with Gasteiger partial charge < -0.3 is 19.8 Å². The van der Waals surface area contributed by atoms with Crippen LogP contribution in [0.4, 0.5) is 4.79 Å².